The van der Waals surface area contributed by atoms with Gasteiger partial charge in [0.2, 0.25) is 0 Å². The molecule has 1 aliphatic heterocycles. The van der Waals surface area contributed by atoms with E-state index in [0.29, 0.717) is 12.2 Å². The Morgan fingerprint density at radius 2 is 1.71 bits per heavy atom. The van der Waals surface area contributed by atoms with Crippen molar-refractivity contribution >= 4 is 57.2 Å². The molecular weight excluding hydrogens is 475 g/mol. The van der Waals surface area contributed by atoms with Crippen molar-refractivity contribution in [3.05, 3.63) is 40.7 Å². The standard InChI is InChI=1S/C24H34N6O3S.Na.H/c1-28-11-9-17(10-12-28)15-30(20-14-25-29(2)16-20)34(32,33)27-24(31)26-23-21-7-3-5-18(21)13-19-6-4-8-22(19)23;;/h13-14,16-17H,3-12,15H2,1-2H3,(H2,26,27,31);;. The zero-order valence-corrected chi connectivity index (χ0v) is 20.8. The van der Waals surface area contributed by atoms with Crippen LogP contribution in [0.5, 0.6) is 0 Å². The predicted molar refractivity (Wildman–Crippen MR) is 139 cm³/mol. The van der Waals surface area contributed by atoms with Crippen molar-refractivity contribution in [3.8, 4) is 0 Å². The van der Waals surface area contributed by atoms with Gasteiger partial charge in [0, 0.05) is 25.5 Å². The summed E-state index contributed by atoms with van der Waals surface area (Å²) in [5.74, 6) is 0.219. The summed E-state index contributed by atoms with van der Waals surface area (Å²) >= 11 is 0. The molecule has 186 valence electrons. The number of amides is 2. The fourth-order valence-electron chi connectivity index (χ4n) is 5.64. The van der Waals surface area contributed by atoms with Gasteiger partial charge in [-0.15, -0.1) is 0 Å². The van der Waals surface area contributed by atoms with Crippen molar-refractivity contribution in [2.24, 2.45) is 13.0 Å². The van der Waals surface area contributed by atoms with Gasteiger partial charge < -0.3 is 10.2 Å². The summed E-state index contributed by atoms with van der Waals surface area (Å²) in [6, 6.07) is 1.59. The van der Waals surface area contributed by atoms with Crippen LogP contribution in [0.4, 0.5) is 16.2 Å². The fraction of sp³-hybridized carbons (Fsp3) is 0.583. The van der Waals surface area contributed by atoms with Gasteiger partial charge in [-0.05, 0) is 99.7 Å². The molecule has 35 heavy (non-hydrogen) atoms. The number of carbonyl (C=O) groups is 1. The molecule has 1 saturated heterocycles. The summed E-state index contributed by atoms with van der Waals surface area (Å²) in [7, 11) is -0.289. The number of benzene rings is 1. The Bertz CT molecular complexity index is 1160. The van der Waals surface area contributed by atoms with Gasteiger partial charge in [-0.25, -0.2) is 13.8 Å². The zero-order chi connectivity index (χ0) is 23.9. The number of hydrogen-bond donors (Lipinski definition) is 2. The molecule has 2 aliphatic carbocycles. The Kier molecular flexibility index (Phi) is 8.17. The molecule has 0 saturated carbocycles. The molecule has 0 spiro atoms. The van der Waals surface area contributed by atoms with Crippen LogP contribution >= 0.6 is 0 Å². The number of piperidine rings is 1. The minimum absolute atomic E-state index is 0. The fourth-order valence-corrected chi connectivity index (χ4v) is 6.81. The van der Waals surface area contributed by atoms with Gasteiger partial charge in [0.1, 0.15) is 0 Å². The number of nitrogens with zero attached hydrogens (tertiary/aromatic N) is 4. The van der Waals surface area contributed by atoms with Crippen molar-refractivity contribution < 1.29 is 13.2 Å². The molecule has 0 bridgehead atoms. The van der Waals surface area contributed by atoms with E-state index in [4.69, 9.17) is 0 Å². The molecule has 1 fully saturated rings. The molecule has 0 unspecified atom stereocenters. The predicted octanol–water partition coefficient (Wildman–Crippen LogP) is 1.96. The Labute approximate surface area is 230 Å². The van der Waals surface area contributed by atoms with E-state index in [9.17, 15) is 13.2 Å². The molecule has 2 heterocycles. The van der Waals surface area contributed by atoms with Crippen molar-refractivity contribution in [1.82, 2.24) is 19.4 Å². The van der Waals surface area contributed by atoms with E-state index < -0.39 is 16.2 Å². The van der Waals surface area contributed by atoms with Crippen LogP contribution in [-0.2, 0) is 42.9 Å². The number of urea groups is 1. The van der Waals surface area contributed by atoms with E-state index in [1.807, 2.05) is 0 Å². The third-order valence-corrected chi connectivity index (χ3v) is 8.85. The Morgan fingerprint density at radius 3 is 2.29 bits per heavy atom. The maximum absolute atomic E-state index is 13.5. The normalized spacial score (nSPS) is 18.0. The summed E-state index contributed by atoms with van der Waals surface area (Å²) in [4.78, 5) is 15.3. The second kappa shape index (κ2) is 10.8. The molecule has 0 radical (unpaired) electrons. The average Bonchev–Trinajstić information content (AvgIpc) is 3.53. The number of carbonyl (C=O) groups excluding carboxylic acids is 1. The molecule has 9 nitrogen and oxygen atoms in total. The van der Waals surface area contributed by atoms with Crippen molar-refractivity contribution in [3.63, 3.8) is 0 Å². The van der Waals surface area contributed by atoms with Crippen LogP contribution in [0.1, 0.15) is 47.9 Å². The van der Waals surface area contributed by atoms with Gasteiger partial charge in [-0.2, -0.15) is 13.5 Å². The van der Waals surface area contributed by atoms with Crippen LogP contribution in [0, 0.1) is 5.92 Å². The van der Waals surface area contributed by atoms with Crippen LogP contribution in [-0.4, -0.2) is 85.4 Å². The number of likely N-dealkylation sites (tertiary alicyclic amines) is 1. The molecule has 3 aliphatic rings. The first kappa shape index (κ1) is 26.5. The van der Waals surface area contributed by atoms with Crippen molar-refractivity contribution in [2.75, 3.05) is 36.3 Å². The van der Waals surface area contributed by atoms with E-state index in [0.717, 1.165) is 70.1 Å². The minimum atomic E-state index is -4.12. The molecule has 5 rings (SSSR count). The first-order valence-electron chi connectivity index (χ1n) is 12.3. The molecule has 2 N–H and O–H groups in total. The van der Waals surface area contributed by atoms with Crippen LogP contribution in [0.3, 0.4) is 0 Å². The summed E-state index contributed by atoms with van der Waals surface area (Å²) < 4.78 is 32.1. The molecule has 1 aromatic heterocycles. The Balaban J connectivity index is 0.00000289. The summed E-state index contributed by atoms with van der Waals surface area (Å²) in [6.07, 6.45) is 11.0. The molecule has 2 amide bonds. The second-order valence-electron chi connectivity index (χ2n) is 9.95. The summed E-state index contributed by atoms with van der Waals surface area (Å²) in [5.41, 5.74) is 6.21. The third kappa shape index (κ3) is 5.72. The van der Waals surface area contributed by atoms with Gasteiger partial charge in [-0.3, -0.25) is 4.68 Å². The van der Waals surface area contributed by atoms with E-state index in [1.165, 1.54) is 32.8 Å². The number of hydrogen-bond acceptors (Lipinski definition) is 5. The third-order valence-electron chi connectivity index (χ3n) is 7.46. The molecule has 0 atom stereocenters. The number of nitrogens with one attached hydrogen (secondary N) is 2. The Morgan fingerprint density at radius 1 is 1.09 bits per heavy atom. The molecule has 2 aromatic rings. The van der Waals surface area contributed by atoms with Gasteiger partial charge >= 0.3 is 45.8 Å². The van der Waals surface area contributed by atoms with Crippen molar-refractivity contribution in [2.45, 2.75) is 51.4 Å². The first-order valence-corrected chi connectivity index (χ1v) is 13.7. The van der Waals surface area contributed by atoms with Gasteiger partial charge in [0.15, 0.2) is 0 Å². The zero-order valence-electron chi connectivity index (χ0n) is 20.0. The molecule has 11 heteroatoms. The average molecular weight is 511 g/mol. The van der Waals surface area contributed by atoms with Crippen molar-refractivity contribution in [1.29, 1.82) is 0 Å². The maximum atomic E-state index is 13.5. The van der Waals surface area contributed by atoms with Crippen LogP contribution in [0.25, 0.3) is 0 Å². The Hall–Kier alpha value is -1.59. The van der Waals surface area contributed by atoms with Crippen LogP contribution in [0.2, 0.25) is 0 Å². The van der Waals surface area contributed by atoms with Crippen LogP contribution < -0.4 is 14.3 Å². The summed E-state index contributed by atoms with van der Waals surface area (Å²) in [5, 5.41) is 7.09. The number of rotatable bonds is 6. The van der Waals surface area contributed by atoms with E-state index >= 15 is 0 Å². The van der Waals surface area contributed by atoms with Gasteiger partial charge in [0.25, 0.3) is 0 Å². The number of fused-ring (bicyclic) bond motifs is 2. The van der Waals surface area contributed by atoms with Gasteiger partial charge in [-0.1, -0.05) is 6.07 Å². The monoisotopic (exact) mass is 510 g/mol. The quantitative estimate of drug-likeness (QED) is 0.579. The SMILES string of the molecule is CN1CCC(CN(c2cnn(C)c2)S(=O)(=O)NC(=O)Nc2c3c(cc4c2CCC4)CCC3)CC1.[NaH]. The number of aryl methyl sites for hydroxylation is 3. The molecule has 1 aromatic carbocycles. The second-order valence-corrected chi connectivity index (χ2v) is 11.5. The topological polar surface area (TPSA) is 99.6 Å². The first-order chi connectivity index (χ1) is 16.3. The summed E-state index contributed by atoms with van der Waals surface area (Å²) in [6.45, 7) is 2.19. The van der Waals surface area contributed by atoms with Crippen LogP contribution in [0.15, 0.2) is 18.5 Å². The molecular formula is C24H35N6NaO3S. The van der Waals surface area contributed by atoms with E-state index in [-0.39, 0.29) is 35.5 Å². The van der Waals surface area contributed by atoms with E-state index in [1.54, 1.807) is 17.9 Å². The van der Waals surface area contributed by atoms with E-state index in [2.05, 4.69) is 33.2 Å². The number of aromatic nitrogens is 2. The van der Waals surface area contributed by atoms with Gasteiger partial charge in [0.05, 0.1) is 11.9 Å². The number of anilines is 2.